The number of rotatable bonds is 3. The third kappa shape index (κ3) is 3.18. The molecule has 0 spiro atoms. The minimum atomic E-state index is -0.994. The number of ether oxygens (including phenoxy) is 3. The van der Waals surface area contributed by atoms with E-state index >= 15 is 0 Å². The smallest absolute Gasteiger partial charge is 0.277 e. The Kier molecular flexibility index (Phi) is 5.17. The summed E-state index contributed by atoms with van der Waals surface area (Å²) in [6.07, 6.45) is -3.24. The fourth-order valence-corrected chi connectivity index (χ4v) is 3.12. The van der Waals surface area contributed by atoms with Crippen molar-refractivity contribution in [2.75, 3.05) is 20.8 Å². The van der Waals surface area contributed by atoms with Gasteiger partial charge >= 0.3 is 0 Å². The molecule has 0 aromatic heterocycles. The first kappa shape index (κ1) is 17.3. The molecular formula is C17H23NO6. The highest BCUT2D eigenvalue weighted by Gasteiger charge is 2.50. The SMILES string of the molecule is CON(C)C(=O)[C@@H]1OC2COC(c3ccccc3)O[C@@H]2C(C)C1O. The van der Waals surface area contributed by atoms with Gasteiger partial charge < -0.3 is 19.3 Å². The summed E-state index contributed by atoms with van der Waals surface area (Å²) < 4.78 is 17.5. The topological polar surface area (TPSA) is 77.5 Å². The van der Waals surface area contributed by atoms with Crippen molar-refractivity contribution in [3.8, 4) is 0 Å². The molecule has 4 unspecified atom stereocenters. The summed E-state index contributed by atoms with van der Waals surface area (Å²) in [5.74, 6) is -0.710. The number of aliphatic hydroxyl groups is 1. The molecule has 6 atom stereocenters. The predicted molar refractivity (Wildman–Crippen MR) is 83.6 cm³/mol. The number of amides is 1. The van der Waals surface area contributed by atoms with E-state index in [4.69, 9.17) is 19.0 Å². The average Bonchev–Trinajstić information content (AvgIpc) is 2.63. The summed E-state index contributed by atoms with van der Waals surface area (Å²) in [6.45, 7) is 2.15. The molecule has 1 aromatic carbocycles. The molecule has 132 valence electrons. The number of fused-ring (bicyclic) bond motifs is 1. The highest BCUT2D eigenvalue weighted by molar-refractivity contribution is 5.80. The van der Waals surface area contributed by atoms with Gasteiger partial charge in [0.1, 0.15) is 6.10 Å². The van der Waals surface area contributed by atoms with E-state index in [2.05, 4.69) is 0 Å². The van der Waals surface area contributed by atoms with Gasteiger partial charge in [-0.25, -0.2) is 5.06 Å². The molecule has 7 nitrogen and oxygen atoms in total. The number of aliphatic hydroxyl groups excluding tert-OH is 1. The Morgan fingerprint density at radius 1 is 1.29 bits per heavy atom. The number of carbonyl (C=O) groups excluding carboxylic acids is 1. The lowest BCUT2D eigenvalue weighted by Gasteiger charge is -2.47. The summed E-state index contributed by atoms with van der Waals surface area (Å²) >= 11 is 0. The van der Waals surface area contributed by atoms with Crippen LogP contribution in [-0.2, 0) is 23.8 Å². The molecule has 2 fully saturated rings. The first-order valence-corrected chi connectivity index (χ1v) is 8.00. The third-order valence-corrected chi connectivity index (χ3v) is 4.65. The molecule has 2 saturated heterocycles. The maximum atomic E-state index is 12.3. The molecule has 2 aliphatic heterocycles. The number of benzene rings is 1. The minimum absolute atomic E-state index is 0.280. The number of hydrogen-bond acceptors (Lipinski definition) is 6. The molecule has 2 aliphatic rings. The summed E-state index contributed by atoms with van der Waals surface area (Å²) in [6, 6.07) is 9.61. The fraction of sp³-hybridized carbons (Fsp3) is 0.588. The van der Waals surface area contributed by atoms with E-state index in [0.717, 1.165) is 10.6 Å². The Bertz CT molecular complexity index is 565. The van der Waals surface area contributed by atoms with Gasteiger partial charge in [0.2, 0.25) is 0 Å². The van der Waals surface area contributed by atoms with Crippen LogP contribution in [0.2, 0.25) is 0 Å². The van der Waals surface area contributed by atoms with Crippen LogP contribution in [0.1, 0.15) is 18.8 Å². The van der Waals surface area contributed by atoms with Gasteiger partial charge in [0.25, 0.3) is 5.91 Å². The standard InChI is InChI=1S/C17H23NO6/c1-10-13(19)15(16(20)18(2)21-3)23-12-9-22-17(24-14(10)12)11-7-5-4-6-8-11/h4-8,10,12-15,17,19H,9H2,1-3H3/t10?,12?,13?,14-,15-,17?/m1/s1. The fourth-order valence-electron chi connectivity index (χ4n) is 3.12. The number of carbonyl (C=O) groups is 1. The lowest BCUT2D eigenvalue weighted by atomic mass is 9.86. The molecule has 2 heterocycles. The van der Waals surface area contributed by atoms with Crippen LogP contribution in [0.3, 0.4) is 0 Å². The zero-order valence-corrected chi connectivity index (χ0v) is 14.0. The van der Waals surface area contributed by atoms with Gasteiger partial charge in [0.05, 0.1) is 25.9 Å². The molecule has 24 heavy (non-hydrogen) atoms. The lowest BCUT2D eigenvalue weighted by molar-refractivity contribution is -0.316. The van der Waals surface area contributed by atoms with Crippen LogP contribution in [0.4, 0.5) is 0 Å². The lowest BCUT2D eigenvalue weighted by Crippen LogP contribution is -2.61. The molecule has 1 N–H and O–H groups in total. The summed E-state index contributed by atoms with van der Waals surface area (Å²) in [4.78, 5) is 17.2. The van der Waals surface area contributed by atoms with Gasteiger partial charge in [0, 0.05) is 18.5 Å². The van der Waals surface area contributed by atoms with Crippen molar-refractivity contribution in [3.05, 3.63) is 35.9 Å². The summed E-state index contributed by atoms with van der Waals surface area (Å²) in [7, 11) is 2.87. The summed E-state index contributed by atoms with van der Waals surface area (Å²) in [5.41, 5.74) is 0.912. The monoisotopic (exact) mass is 337 g/mol. The van der Waals surface area contributed by atoms with Crippen LogP contribution in [0.25, 0.3) is 0 Å². The zero-order valence-electron chi connectivity index (χ0n) is 14.0. The highest BCUT2D eigenvalue weighted by atomic mass is 16.7. The van der Waals surface area contributed by atoms with E-state index in [1.54, 1.807) is 0 Å². The van der Waals surface area contributed by atoms with E-state index in [1.807, 2.05) is 37.3 Å². The van der Waals surface area contributed by atoms with Gasteiger partial charge in [-0.05, 0) is 0 Å². The minimum Gasteiger partial charge on any atom is -0.389 e. The molecule has 0 radical (unpaired) electrons. The van der Waals surface area contributed by atoms with Crippen molar-refractivity contribution >= 4 is 5.91 Å². The molecule has 0 bridgehead atoms. The van der Waals surface area contributed by atoms with Gasteiger partial charge in [-0.3, -0.25) is 9.63 Å². The van der Waals surface area contributed by atoms with Crippen LogP contribution < -0.4 is 0 Å². The van der Waals surface area contributed by atoms with Crippen molar-refractivity contribution in [1.29, 1.82) is 0 Å². The second-order valence-corrected chi connectivity index (χ2v) is 6.14. The van der Waals surface area contributed by atoms with Crippen molar-refractivity contribution < 1.29 is 28.9 Å². The first-order chi connectivity index (χ1) is 11.5. The molecule has 1 amide bonds. The first-order valence-electron chi connectivity index (χ1n) is 8.00. The molecule has 1 aromatic rings. The zero-order chi connectivity index (χ0) is 17.3. The van der Waals surface area contributed by atoms with E-state index in [1.165, 1.54) is 14.2 Å². The van der Waals surface area contributed by atoms with Gasteiger partial charge in [-0.15, -0.1) is 0 Å². The Morgan fingerprint density at radius 3 is 2.67 bits per heavy atom. The Hall–Kier alpha value is -1.51. The Labute approximate surface area is 141 Å². The maximum absolute atomic E-state index is 12.3. The van der Waals surface area contributed by atoms with Crippen molar-refractivity contribution in [2.24, 2.45) is 5.92 Å². The Morgan fingerprint density at radius 2 is 2.00 bits per heavy atom. The molecule has 0 aliphatic carbocycles. The van der Waals surface area contributed by atoms with Crippen molar-refractivity contribution in [1.82, 2.24) is 5.06 Å². The normalized spacial score (nSPS) is 36.0. The van der Waals surface area contributed by atoms with E-state index in [0.29, 0.717) is 6.61 Å². The molecule has 3 rings (SSSR count). The van der Waals surface area contributed by atoms with Gasteiger partial charge in [0.15, 0.2) is 12.4 Å². The van der Waals surface area contributed by atoms with Crippen LogP contribution in [0, 0.1) is 5.92 Å². The van der Waals surface area contributed by atoms with Crippen LogP contribution in [0.15, 0.2) is 30.3 Å². The molecule has 7 heteroatoms. The Balaban J connectivity index is 1.73. The van der Waals surface area contributed by atoms with Crippen molar-refractivity contribution in [2.45, 2.75) is 37.6 Å². The second-order valence-electron chi connectivity index (χ2n) is 6.14. The largest absolute Gasteiger partial charge is 0.389 e. The maximum Gasteiger partial charge on any atom is 0.277 e. The van der Waals surface area contributed by atoms with E-state index < -0.39 is 30.5 Å². The van der Waals surface area contributed by atoms with Crippen LogP contribution in [-0.4, -0.2) is 61.3 Å². The van der Waals surface area contributed by atoms with Crippen LogP contribution in [0.5, 0.6) is 0 Å². The van der Waals surface area contributed by atoms with Crippen molar-refractivity contribution in [3.63, 3.8) is 0 Å². The molecular weight excluding hydrogens is 314 g/mol. The number of hydroxylamine groups is 2. The summed E-state index contributed by atoms with van der Waals surface area (Å²) in [5, 5.41) is 11.6. The van der Waals surface area contributed by atoms with Crippen LogP contribution >= 0.6 is 0 Å². The highest BCUT2D eigenvalue weighted by Crippen LogP contribution is 2.37. The van der Waals surface area contributed by atoms with Gasteiger partial charge in [-0.2, -0.15) is 0 Å². The average molecular weight is 337 g/mol. The van der Waals surface area contributed by atoms with E-state index in [9.17, 15) is 9.90 Å². The number of hydrogen-bond donors (Lipinski definition) is 1. The molecule has 0 saturated carbocycles. The third-order valence-electron chi connectivity index (χ3n) is 4.65. The predicted octanol–water partition coefficient (Wildman–Crippen LogP) is 0.885. The second kappa shape index (κ2) is 7.16. The number of likely N-dealkylation sites (N-methyl/N-ethyl adjacent to an activating group) is 1. The quantitative estimate of drug-likeness (QED) is 0.825. The van der Waals surface area contributed by atoms with Gasteiger partial charge in [-0.1, -0.05) is 37.3 Å². The number of nitrogens with zero attached hydrogens (tertiary/aromatic N) is 1. The van der Waals surface area contributed by atoms with E-state index in [-0.39, 0.29) is 12.0 Å².